The Morgan fingerprint density at radius 3 is 2.32 bits per heavy atom. The van der Waals surface area contributed by atoms with Crippen molar-refractivity contribution in [3.8, 4) is 0 Å². The summed E-state index contributed by atoms with van der Waals surface area (Å²) in [4.78, 5) is 11.5. The number of esters is 1. The molecule has 1 N–H and O–H groups in total. The van der Waals surface area contributed by atoms with Crippen molar-refractivity contribution in [1.82, 2.24) is 9.62 Å². The van der Waals surface area contributed by atoms with Crippen molar-refractivity contribution in [3.63, 3.8) is 0 Å². The molecule has 1 heterocycles. The topological polar surface area (TPSA) is 75.7 Å². The lowest BCUT2D eigenvalue weighted by molar-refractivity contribution is -0.150. The molecule has 0 aromatic rings. The molecule has 1 aliphatic rings. The van der Waals surface area contributed by atoms with Gasteiger partial charge in [-0.25, -0.2) is 12.7 Å². The van der Waals surface area contributed by atoms with Gasteiger partial charge in [-0.05, 0) is 26.7 Å². The normalized spacial score (nSPS) is 19.4. The third-order valence-corrected chi connectivity index (χ3v) is 4.80. The highest BCUT2D eigenvalue weighted by molar-refractivity contribution is 7.88. The van der Waals surface area contributed by atoms with E-state index in [1.807, 2.05) is 13.8 Å². The first-order valence-electron chi connectivity index (χ1n) is 6.44. The van der Waals surface area contributed by atoms with Crippen LogP contribution in [0.15, 0.2) is 0 Å². The van der Waals surface area contributed by atoms with Crippen molar-refractivity contribution in [1.29, 1.82) is 0 Å². The minimum Gasteiger partial charge on any atom is -0.469 e. The highest BCUT2D eigenvalue weighted by atomic mass is 32.2. The number of piperidine rings is 1. The summed E-state index contributed by atoms with van der Waals surface area (Å²) in [5, 5.41) is 3.33. The number of carbonyl (C=O) groups is 1. The van der Waals surface area contributed by atoms with Crippen LogP contribution in [0, 0.1) is 5.41 Å². The monoisotopic (exact) mass is 292 g/mol. The van der Waals surface area contributed by atoms with Gasteiger partial charge in [-0.2, -0.15) is 0 Å². The van der Waals surface area contributed by atoms with Gasteiger partial charge in [-0.3, -0.25) is 4.79 Å². The van der Waals surface area contributed by atoms with Crippen molar-refractivity contribution in [3.05, 3.63) is 0 Å². The van der Waals surface area contributed by atoms with E-state index in [0.29, 0.717) is 19.6 Å². The van der Waals surface area contributed by atoms with E-state index in [0.717, 1.165) is 12.8 Å². The molecule has 1 rings (SSSR count). The number of rotatable bonds is 5. The van der Waals surface area contributed by atoms with Crippen LogP contribution in [0.3, 0.4) is 0 Å². The van der Waals surface area contributed by atoms with Crippen LogP contribution >= 0.6 is 0 Å². The molecule has 0 aliphatic carbocycles. The molecule has 1 aliphatic heterocycles. The fourth-order valence-electron chi connectivity index (χ4n) is 2.14. The predicted molar refractivity (Wildman–Crippen MR) is 73.2 cm³/mol. The lowest BCUT2D eigenvalue weighted by atomic mass is 9.92. The van der Waals surface area contributed by atoms with Gasteiger partial charge in [0, 0.05) is 25.7 Å². The van der Waals surface area contributed by atoms with E-state index in [1.54, 1.807) is 0 Å². The molecule has 1 fully saturated rings. The predicted octanol–water partition coefficient (Wildman–Crippen LogP) is 0.199. The van der Waals surface area contributed by atoms with E-state index in [2.05, 4.69) is 5.32 Å². The van der Waals surface area contributed by atoms with Crippen LogP contribution in [0.1, 0.15) is 26.7 Å². The SMILES string of the molecule is COC(=O)C(C)(C)CNC1CCN(S(C)(=O)=O)CC1. The Hall–Kier alpha value is -0.660. The zero-order valence-corrected chi connectivity index (χ0v) is 12.9. The van der Waals surface area contributed by atoms with Gasteiger partial charge in [0.25, 0.3) is 0 Å². The van der Waals surface area contributed by atoms with Crippen LogP contribution in [0.4, 0.5) is 0 Å². The van der Waals surface area contributed by atoms with Gasteiger partial charge in [0.05, 0.1) is 18.8 Å². The summed E-state index contributed by atoms with van der Waals surface area (Å²) >= 11 is 0. The molecule has 0 bridgehead atoms. The minimum absolute atomic E-state index is 0.242. The lowest BCUT2D eigenvalue weighted by Crippen LogP contribution is -2.47. The zero-order chi connectivity index (χ0) is 14.7. The molecular weight excluding hydrogens is 268 g/mol. The van der Waals surface area contributed by atoms with Crippen LogP contribution in [-0.4, -0.2) is 57.7 Å². The molecule has 6 nitrogen and oxygen atoms in total. The maximum absolute atomic E-state index is 11.5. The molecule has 0 atom stereocenters. The van der Waals surface area contributed by atoms with Crippen molar-refractivity contribution < 1.29 is 17.9 Å². The molecule has 0 unspecified atom stereocenters. The fraction of sp³-hybridized carbons (Fsp3) is 0.917. The molecule has 112 valence electrons. The summed E-state index contributed by atoms with van der Waals surface area (Å²) in [7, 11) is -1.69. The molecule has 0 radical (unpaired) electrons. The second-order valence-corrected chi connectivity index (χ2v) is 7.68. The molecule has 0 saturated carbocycles. The van der Waals surface area contributed by atoms with Crippen LogP contribution in [0.25, 0.3) is 0 Å². The average Bonchev–Trinajstić information content (AvgIpc) is 2.35. The van der Waals surface area contributed by atoms with Gasteiger partial charge in [0.1, 0.15) is 0 Å². The Bertz CT molecular complexity index is 411. The maximum atomic E-state index is 11.5. The Morgan fingerprint density at radius 2 is 1.89 bits per heavy atom. The highest BCUT2D eigenvalue weighted by Gasteiger charge is 2.31. The molecule has 1 saturated heterocycles. The number of carbonyl (C=O) groups excluding carboxylic acids is 1. The fourth-order valence-corrected chi connectivity index (χ4v) is 3.01. The zero-order valence-electron chi connectivity index (χ0n) is 12.1. The van der Waals surface area contributed by atoms with Crippen molar-refractivity contribution in [2.75, 3.05) is 33.0 Å². The van der Waals surface area contributed by atoms with Gasteiger partial charge in [0.2, 0.25) is 10.0 Å². The third kappa shape index (κ3) is 4.74. The highest BCUT2D eigenvalue weighted by Crippen LogP contribution is 2.18. The van der Waals surface area contributed by atoms with Crippen molar-refractivity contribution in [2.24, 2.45) is 5.41 Å². The first-order chi connectivity index (χ1) is 8.66. The Morgan fingerprint density at radius 1 is 1.37 bits per heavy atom. The molecular formula is C12H24N2O4S. The van der Waals surface area contributed by atoms with E-state index in [1.165, 1.54) is 17.7 Å². The Labute approximate surface area is 115 Å². The molecule has 0 spiro atoms. The summed E-state index contributed by atoms with van der Waals surface area (Å²) in [6.07, 6.45) is 2.77. The third-order valence-electron chi connectivity index (χ3n) is 3.49. The molecule has 7 heteroatoms. The molecule has 0 aromatic heterocycles. The van der Waals surface area contributed by atoms with E-state index in [4.69, 9.17) is 4.74 Å². The number of hydrogen-bond acceptors (Lipinski definition) is 5. The summed E-state index contributed by atoms with van der Waals surface area (Å²) < 4.78 is 29.0. The van der Waals surface area contributed by atoms with Crippen LogP contribution in [0.5, 0.6) is 0 Å². The quantitative estimate of drug-likeness (QED) is 0.733. The lowest BCUT2D eigenvalue weighted by Gasteiger charge is -2.32. The van der Waals surface area contributed by atoms with Crippen molar-refractivity contribution >= 4 is 16.0 Å². The largest absolute Gasteiger partial charge is 0.469 e. The number of ether oxygens (including phenoxy) is 1. The summed E-state index contributed by atoms with van der Waals surface area (Å²) in [6, 6.07) is 0.252. The molecule has 0 amide bonds. The number of nitrogens with one attached hydrogen (secondary N) is 1. The summed E-state index contributed by atoms with van der Waals surface area (Å²) in [6.45, 7) is 5.27. The Balaban J connectivity index is 2.40. The maximum Gasteiger partial charge on any atom is 0.312 e. The van der Waals surface area contributed by atoms with Crippen LogP contribution < -0.4 is 5.32 Å². The van der Waals surface area contributed by atoms with Gasteiger partial charge in [-0.15, -0.1) is 0 Å². The smallest absolute Gasteiger partial charge is 0.312 e. The number of nitrogens with zero attached hydrogens (tertiary/aromatic N) is 1. The molecule has 19 heavy (non-hydrogen) atoms. The van der Waals surface area contributed by atoms with E-state index in [-0.39, 0.29) is 12.0 Å². The van der Waals surface area contributed by atoms with E-state index in [9.17, 15) is 13.2 Å². The minimum atomic E-state index is -3.08. The van der Waals surface area contributed by atoms with Gasteiger partial charge < -0.3 is 10.1 Å². The first kappa shape index (κ1) is 16.4. The number of hydrogen-bond donors (Lipinski definition) is 1. The standard InChI is InChI=1S/C12H24N2O4S/c1-12(2,11(15)18-3)9-13-10-5-7-14(8-6-10)19(4,16)17/h10,13H,5-9H2,1-4H3. The number of sulfonamides is 1. The Kier molecular flexibility index (Phi) is 5.34. The van der Waals surface area contributed by atoms with Crippen LogP contribution in [-0.2, 0) is 19.6 Å². The van der Waals surface area contributed by atoms with E-state index < -0.39 is 15.4 Å². The van der Waals surface area contributed by atoms with Gasteiger partial charge in [0.15, 0.2) is 0 Å². The van der Waals surface area contributed by atoms with E-state index >= 15 is 0 Å². The summed E-state index contributed by atoms with van der Waals surface area (Å²) in [5.74, 6) is -0.242. The van der Waals surface area contributed by atoms with Gasteiger partial charge in [-0.1, -0.05) is 0 Å². The average molecular weight is 292 g/mol. The first-order valence-corrected chi connectivity index (χ1v) is 8.28. The second-order valence-electron chi connectivity index (χ2n) is 5.69. The van der Waals surface area contributed by atoms with Gasteiger partial charge >= 0.3 is 5.97 Å². The summed E-state index contributed by atoms with van der Waals surface area (Å²) in [5.41, 5.74) is -0.567. The second kappa shape index (κ2) is 6.19. The van der Waals surface area contributed by atoms with Crippen molar-refractivity contribution in [2.45, 2.75) is 32.7 Å². The molecule has 0 aromatic carbocycles. The van der Waals surface area contributed by atoms with Crippen LogP contribution in [0.2, 0.25) is 0 Å². The number of methoxy groups -OCH3 is 1.